The first-order valence-corrected chi connectivity index (χ1v) is 8.96. The van der Waals surface area contributed by atoms with Crippen molar-refractivity contribution in [1.29, 1.82) is 0 Å². The molecule has 1 fully saturated rings. The number of carbonyl (C=O) groups is 1. The van der Waals surface area contributed by atoms with Crippen molar-refractivity contribution in [3.05, 3.63) is 23.2 Å². The zero-order valence-electron chi connectivity index (χ0n) is 12.1. The molecule has 0 spiro atoms. The van der Waals surface area contributed by atoms with Crippen LogP contribution in [0.2, 0.25) is 5.02 Å². The van der Waals surface area contributed by atoms with Crippen molar-refractivity contribution in [2.45, 2.75) is 37.9 Å². The number of nitrogens with one attached hydrogen (secondary N) is 1. The van der Waals surface area contributed by atoms with Crippen LogP contribution in [0.25, 0.3) is 0 Å². The predicted octanol–water partition coefficient (Wildman–Crippen LogP) is 3.19. The normalized spacial score (nSPS) is 18.4. The molecule has 0 heterocycles. The molecule has 0 bridgehead atoms. The Labute approximate surface area is 132 Å². The molecule has 2 unspecified atom stereocenters. The summed E-state index contributed by atoms with van der Waals surface area (Å²) >= 11 is 6.02. The summed E-state index contributed by atoms with van der Waals surface area (Å²) in [5, 5.41) is 2.57. The highest BCUT2D eigenvalue weighted by Crippen LogP contribution is 2.27. The molecule has 1 aromatic carbocycles. The molecule has 2 atom stereocenters. The summed E-state index contributed by atoms with van der Waals surface area (Å²) in [6, 6.07) is 4.90. The van der Waals surface area contributed by atoms with Gasteiger partial charge in [-0.3, -0.25) is 9.00 Å². The summed E-state index contributed by atoms with van der Waals surface area (Å²) in [7, 11) is -1.15. The van der Waals surface area contributed by atoms with Crippen LogP contribution >= 0.6 is 11.6 Å². The van der Waals surface area contributed by atoms with E-state index >= 15 is 0 Å². The fourth-order valence-electron chi connectivity index (χ4n) is 2.54. The number of halogens is 1. The lowest BCUT2D eigenvalue weighted by Crippen LogP contribution is -2.31. The molecular weight excluding hydrogens is 308 g/mol. The van der Waals surface area contributed by atoms with Crippen LogP contribution in [0.5, 0.6) is 0 Å². The van der Waals surface area contributed by atoms with Crippen LogP contribution in [-0.4, -0.2) is 21.1 Å². The molecule has 6 heteroatoms. The fourth-order valence-corrected chi connectivity index (χ4v) is 4.16. The monoisotopic (exact) mass is 328 g/mol. The van der Waals surface area contributed by atoms with Crippen molar-refractivity contribution < 1.29 is 9.00 Å². The van der Waals surface area contributed by atoms with E-state index in [0.717, 1.165) is 12.8 Å². The highest BCUT2D eigenvalue weighted by atomic mass is 35.5. The van der Waals surface area contributed by atoms with Crippen molar-refractivity contribution >= 4 is 39.7 Å². The lowest BCUT2D eigenvalue weighted by atomic mass is 10.1. The second kappa shape index (κ2) is 7.27. The Morgan fingerprint density at radius 1 is 1.48 bits per heavy atom. The molecule has 116 valence electrons. The number of benzene rings is 1. The fraction of sp³-hybridized carbons (Fsp3) is 0.533. The van der Waals surface area contributed by atoms with Crippen LogP contribution in [0, 0.1) is 5.92 Å². The van der Waals surface area contributed by atoms with Gasteiger partial charge in [-0.1, -0.05) is 24.4 Å². The summed E-state index contributed by atoms with van der Waals surface area (Å²) < 4.78 is 12.3. The molecule has 0 saturated heterocycles. The largest absolute Gasteiger partial charge is 0.399 e. The number of rotatable bonds is 5. The first-order valence-electron chi connectivity index (χ1n) is 7.20. The lowest BCUT2D eigenvalue weighted by molar-refractivity contribution is -0.115. The van der Waals surface area contributed by atoms with Gasteiger partial charge in [0.25, 0.3) is 0 Å². The molecule has 1 saturated carbocycles. The second-order valence-corrected chi connectivity index (χ2v) is 7.78. The third-order valence-electron chi connectivity index (χ3n) is 3.89. The van der Waals surface area contributed by atoms with Gasteiger partial charge in [0.1, 0.15) is 5.25 Å². The molecule has 1 amide bonds. The van der Waals surface area contributed by atoms with E-state index in [2.05, 4.69) is 5.32 Å². The minimum absolute atomic E-state index is 0.266. The molecule has 1 aliphatic carbocycles. The van der Waals surface area contributed by atoms with Crippen LogP contribution in [0.15, 0.2) is 18.2 Å². The highest BCUT2D eigenvalue weighted by molar-refractivity contribution is 7.86. The highest BCUT2D eigenvalue weighted by Gasteiger charge is 2.25. The van der Waals surface area contributed by atoms with Crippen LogP contribution in [-0.2, 0) is 15.6 Å². The topological polar surface area (TPSA) is 72.2 Å². The first kappa shape index (κ1) is 16.3. The Bertz CT molecular complexity index is 544. The predicted molar refractivity (Wildman–Crippen MR) is 88.9 cm³/mol. The first-order chi connectivity index (χ1) is 9.97. The van der Waals surface area contributed by atoms with Crippen molar-refractivity contribution in [3.63, 3.8) is 0 Å². The maximum atomic E-state index is 12.3. The zero-order valence-corrected chi connectivity index (χ0v) is 13.7. The quantitative estimate of drug-likeness (QED) is 0.815. The van der Waals surface area contributed by atoms with Gasteiger partial charge < -0.3 is 11.1 Å². The van der Waals surface area contributed by atoms with Gasteiger partial charge in [-0.2, -0.15) is 0 Å². The summed E-state index contributed by atoms with van der Waals surface area (Å²) in [5.41, 5.74) is 6.65. The molecule has 0 aliphatic heterocycles. The zero-order chi connectivity index (χ0) is 15.4. The van der Waals surface area contributed by atoms with Gasteiger partial charge in [0.15, 0.2) is 0 Å². The molecule has 21 heavy (non-hydrogen) atoms. The van der Waals surface area contributed by atoms with E-state index in [-0.39, 0.29) is 5.91 Å². The Kier molecular flexibility index (Phi) is 5.65. The number of carbonyl (C=O) groups excluding carboxylic acids is 1. The third-order valence-corrected chi connectivity index (χ3v) is 6.00. The molecule has 0 aromatic heterocycles. The van der Waals surface area contributed by atoms with E-state index in [1.54, 1.807) is 25.1 Å². The average Bonchev–Trinajstić information content (AvgIpc) is 2.93. The average molecular weight is 329 g/mol. The maximum Gasteiger partial charge on any atom is 0.239 e. The summed E-state index contributed by atoms with van der Waals surface area (Å²) in [6.45, 7) is 1.70. The van der Waals surface area contributed by atoms with Gasteiger partial charge in [-0.15, -0.1) is 0 Å². The molecular formula is C15H21ClN2O2S. The number of hydrogen-bond acceptors (Lipinski definition) is 3. The lowest BCUT2D eigenvalue weighted by Gasteiger charge is -2.15. The second-order valence-electron chi connectivity index (χ2n) is 5.57. The SMILES string of the molecule is CC(C(=O)Nc1ccc(N)cc1Cl)S(=O)CC1CCCC1. The van der Waals surface area contributed by atoms with Crippen molar-refractivity contribution in [2.75, 3.05) is 16.8 Å². The number of amides is 1. The van der Waals surface area contributed by atoms with E-state index in [0.29, 0.717) is 28.1 Å². The van der Waals surface area contributed by atoms with Crippen LogP contribution in [0.3, 0.4) is 0 Å². The van der Waals surface area contributed by atoms with Gasteiger partial charge in [0, 0.05) is 22.2 Å². The van der Waals surface area contributed by atoms with Crippen LogP contribution in [0.4, 0.5) is 11.4 Å². The maximum absolute atomic E-state index is 12.3. The Morgan fingerprint density at radius 3 is 2.76 bits per heavy atom. The summed E-state index contributed by atoms with van der Waals surface area (Å²) in [6.07, 6.45) is 4.68. The standard InChI is InChI=1S/C15H21ClN2O2S/c1-10(21(20)9-11-4-2-3-5-11)15(19)18-14-7-6-12(17)8-13(14)16/h6-8,10-11H,2-5,9,17H2,1H3,(H,18,19). The Hall–Kier alpha value is -1.07. The molecule has 1 aromatic rings. The Morgan fingerprint density at radius 2 is 2.14 bits per heavy atom. The van der Waals surface area contributed by atoms with Crippen LogP contribution in [0.1, 0.15) is 32.6 Å². The Balaban J connectivity index is 1.93. The van der Waals surface area contributed by atoms with Gasteiger partial charge >= 0.3 is 0 Å². The van der Waals surface area contributed by atoms with Crippen molar-refractivity contribution in [1.82, 2.24) is 0 Å². The van der Waals surface area contributed by atoms with Crippen LogP contribution < -0.4 is 11.1 Å². The molecule has 1 aliphatic rings. The molecule has 0 radical (unpaired) electrons. The molecule has 3 N–H and O–H groups in total. The number of anilines is 2. The van der Waals surface area contributed by atoms with Crippen molar-refractivity contribution in [2.24, 2.45) is 5.92 Å². The number of nitrogens with two attached hydrogens (primary N) is 1. The van der Waals surface area contributed by atoms with E-state index in [1.807, 2.05) is 0 Å². The third kappa shape index (κ3) is 4.45. The molecule has 2 rings (SSSR count). The van der Waals surface area contributed by atoms with E-state index < -0.39 is 16.0 Å². The van der Waals surface area contributed by atoms with Gasteiger partial charge in [0.05, 0.1) is 10.7 Å². The smallest absolute Gasteiger partial charge is 0.239 e. The summed E-state index contributed by atoms with van der Waals surface area (Å²) in [5.74, 6) is 0.851. The summed E-state index contributed by atoms with van der Waals surface area (Å²) in [4.78, 5) is 12.2. The van der Waals surface area contributed by atoms with Gasteiger partial charge in [-0.05, 0) is 43.9 Å². The van der Waals surface area contributed by atoms with E-state index in [4.69, 9.17) is 17.3 Å². The molecule has 4 nitrogen and oxygen atoms in total. The van der Waals surface area contributed by atoms with E-state index in [1.165, 1.54) is 12.8 Å². The minimum atomic E-state index is -1.15. The van der Waals surface area contributed by atoms with Gasteiger partial charge in [0.2, 0.25) is 5.91 Å². The van der Waals surface area contributed by atoms with Gasteiger partial charge in [-0.25, -0.2) is 0 Å². The number of hydrogen-bond donors (Lipinski definition) is 2. The van der Waals surface area contributed by atoms with Crippen molar-refractivity contribution in [3.8, 4) is 0 Å². The number of nitrogen functional groups attached to an aromatic ring is 1. The van der Waals surface area contributed by atoms with E-state index in [9.17, 15) is 9.00 Å². The minimum Gasteiger partial charge on any atom is -0.399 e.